The molecule has 0 saturated heterocycles. The van der Waals surface area contributed by atoms with Crippen LogP contribution < -0.4 is 10.1 Å². The molecule has 0 fully saturated rings. The van der Waals surface area contributed by atoms with Crippen LogP contribution in [-0.2, 0) is 4.79 Å². The molecule has 0 spiro atoms. The lowest BCUT2D eigenvalue weighted by atomic mass is 10.2. The fourth-order valence-corrected chi connectivity index (χ4v) is 3.85. The predicted molar refractivity (Wildman–Crippen MR) is 113 cm³/mol. The zero-order valence-electron chi connectivity index (χ0n) is 13.4. The average Bonchev–Trinajstić information content (AvgIpc) is 3.09. The molecule has 128 valence electrons. The molecule has 0 radical (unpaired) electrons. The average molecular weight is 482 g/mol. The lowest BCUT2D eigenvalue weighted by Crippen LogP contribution is -2.13. The second kappa shape index (κ2) is 8.68. The van der Waals surface area contributed by atoms with Gasteiger partial charge in [0.25, 0.3) is 0 Å². The van der Waals surface area contributed by atoms with E-state index in [1.165, 1.54) is 26.7 Å². The van der Waals surface area contributed by atoms with Gasteiger partial charge in [0.2, 0.25) is 5.91 Å². The first-order valence-electron chi connectivity index (χ1n) is 7.42. The number of nitrogens with one attached hydrogen (secondary N) is 1. The van der Waals surface area contributed by atoms with Gasteiger partial charge in [-0.1, -0.05) is 12.1 Å². The smallest absolute Gasteiger partial charge is 0.236 e. The van der Waals surface area contributed by atoms with E-state index in [9.17, 15) is 4.79 Å². The number of hydrogen-bond donors (Lipinski definition) is 1. The molecule has 0 atom stereocenters. The van der Waals surface area contributed by atoms with E-state index >= 15 is 0 Å². The number of hydrogen-bond acceptors (Lipinski definition) is 5. The van der Waals surface area contributed by atoms with E-state index in [4.69, 9.17) is 4.74 Å². The van der Waals surface area contributed by atoms with Gasteiger partial charge in [0, 0.05) is 19.4 Å². The molecule has 2 aromatic carbocycles. The number of ether oxygens (including phenoxy) is 1. The van der Waals surface area contributed by atoms with Crippen molar-refractivity contribution in [1.29, 1.82) is 0 Å². The van der Waals surface area contributed by atoms with E-state index < -0.39 is 0 Å². The molecule has 7 heteroatoms. The van der Waals surface area contributed by atoms with Crippen molar-refractivity contribution in [1.82, 2.24) is 4.98 Å². The van der Waals surface area contributed by atoms with E-state index in [2.05, 4.69) is 32.9 Å². The summed E-state index contributed by atoms with van der Waals surface area (Å²) in [5.41, 5.74) is 1.92. The summed E-state index contributed by atoms with van der Waals surface area (Å²) >= 11 is 5.18. The van der Waals surface area contributed by atoms with E-state index in [0.29, 0.717) is 10.9 Å². The van der Waals surface area contributed by atoms with Gasteiger partial charge < -0.3 is 10.1 Å². The molecule has 0 saturated carbocycles. The monoisotopic (exact) mass is 482 g/mol. The predicted octanol–water partition coefficient (Wildman–Crippen LogP) is 5.15. The number of aromatic nitrogens is 1. The Morgan fingerprint density at radius 1 is 1.20 bits per heavy atom. The highest BCUT2D eigenvalue weighted by Crippen LogP contribution is 2.26. The second-order valence-electron chi connectivity index (χ2n) is 5.06. The summed E-state index contributed by atoms with van der Waals surface area (Å²) in [4.78, 5) is 17.6. The van der Waals surface area contributed by atoms with Crippen molar-refractivity contribution in [3.8, 4) is 17.0 Å². The topological polar surface area (TPSA) is 51.2 Å². The van der Waals surface area contributed by atoms with Gasteiger partial charge in [-0.2, -0.15) is 0 Å². The summed E-state index contributed by atoms with van der Waals surface area (Å²) in [7, 11) is 1.63. The summed E-state index contributed by atoms with van der Waals surface area (Å²) in [5.74, 6) is 1.08. The molecule has 1 N–H and O–H groups in total. The minimum atomic E-state index is -0.0654. The third kappa shape index (κ3) is 5.20. The standard InChI is InChI=1S/C18H15IN2O2S2/c1-23-14-6-8-15(9-7-14)24-11-17(22)21-18-20-16(10-25-18)12-2-4-13(19)5-3-12/h2-10H,11H2,1H3,(H,20,21,22). The van der Waals surface area contributed by atoms with Crippen molar-refractivity contribution < 1.29 is 9.53 Å². The number of amides is 1. The maximum Gasteiger partial charge on any atom is 0.236 e. The summed E-state index contributed by atoms with van der Waals surface area (Å²) in [6, 6.07) is 15.8. The summed E-state index contributed by atoms with van der Waals surface area (Å²) in [6.45, 7) is 0. The maximum atomic E-state index is 12.1. The number of carbonyl (C=O) groups is 1. The van der Waals surface area contributed by atoms with Gasteiger partial charge >= 0.3 is 0 Å². The number of halogens is 1. The van der Waals surface area contributed by atoms with E-state index in [1.54, 1.807) is 7.11 Å². The Bertz CT molecular complexity index is 848. The fraction of sp³-hybridized carbons (Fsp3) is 0.111. The third-order valence-corrected chi connectivity index (χ3v) is 5.81. The van der Waals surface area contributed by atoms with Crippen LogP contribution in [0.5, 0.6) is 5.75 Å². The molecule has 0 aliphatic carbocycles. The van der Waals surface area contributed by atoms with Gasteiger partial charge in [-0.15, -0.1) is 23.1 Å². The summed E-state index contributed by atoms with van der Waals surface area (Å²) < 4.78 is 6.30. The minimum Gasteiger partial charge on any atom is -0.497 e. The Morgan fingerprint density at radius 3 is 2.60 bits per heavy atom. The highest BCUT2D eigenvalue weighted by Gasteiger charge is 2.09. The minimum absolute atomic E-state index is 0.0654. The highest BCUT2D eigenvalue weighted by atomic mass is 127. The van der Waals surface area contributed by atoms with E-state index in [0.717, 1.165) is 21.9 Å². The Kier molecular flexibility index (Phi) is 6.33. The Morgan fingerprint density at radius 2 is 1.92 bits per heavy atom. The van der Waals surface area contributed by atoms with E-state index in [-0.39, 0.29) is 5.91 Å². The number of methoxy groups -OCH3 is 1. The van der Waals surface area contributed by atoms with Crippen molar-refractivity contribution in [3.05, 3.63) is 57.5 Å². The molecule has 25 heavy (non-hydrogen) atoms. The number of thioether (sulfide) groups is 1. The number of anilines is 1. The second-order valence-corrected chi connectivity index (χ2v) is 8.21. The lowest BCUT2D eigenvalue weighted by molar-refractivity contribution is -0.113. The van der Waals surface area contributed by atoms with Crippen LogP contribution in [0.3, 0.4) is 0 Å². The van der Waals surface area contributed by atoms with Gasteiger partial charge in [0.05, 0.1) is 18.6 Å². The lowest BCUT2D eigenvalue weighted by Gasteiger charge is -2.03. The van der Waals surface area contributed by atoms with Crippen LogP contribution in [0.1, 0.15) is 0 Å². The van der Waals surface area contributed by atoms with Gasteiger partial charge in [-0.05, 0) is 59.0 Å². The molecule has 0 aliphatic rings. The first-order valence-corrected chi connectivity index (χ1v) is 10.4. The summed E-state index contributed by atoms with van der Waals surface area (Å²) in [5, 5.41) is 5.43. The zero-order valence-corrected chi connectivity index (χ0v) is 17.2. The maximum absolute atomic E-state index is 12.1. The fourth-order valence-electron chi connectivity index (χ4n) is 2.06. The van der Waals surface area contributed by atoms with E-state index in [1.807, 2.05) is 53.9 Å². The van der Waals surface area contributed by atoms with Crippen LogP contribution in [0.25, 0.3) is 11.3 Å². The Balaban J connectivity index is 1.55. The number of rotatable bonds is 6. The van der Waals surface area contributed by atoms with Crippen molar-refractivity contribution in [2.75, 3.05) is 18.2 Å². The van der Waals surface area contributed by atoms with Crippen molar-refractivity contribution in [2.45, 2.75) is 4.90 Å². The molecule has 3 rings (SSSR count). The van der Waals surface area contributed by atoms with Crippen molar-refractivity contribution in [2.24, 2.45) is 0 Å². The molecule has 0 bridgehead atoms. The molecule has 1 heterocycles. The number of benzene rings is 2. The SMILES string of the molecule is COc1ccc(SCC(=O)Nc2nc(-c3ccc(I)cc3)cs2)cc1. The van der Waals surface area contributed by atoms with Gasteiger partial charge in [0.1, 0.15) is 5.75 Å². The zero-order chi connectivity index (χ0) is 17.6. The molecule has 1 aromatic heterocycles. The molecular formula is C18H15IN2O2S2. The third-order valence-electron chi connectivity index (χ3n) is 3.32. The Hall–Kier alpha value is -1.58. The highest BCUT2D eigenvalue weighted by molar-refractivity contribution is 14.1. The number of thiazole rings is 1. The van der Waals surface area contributed by atoms with Crippen molar-refractivity contribution >= 4 is 56.7 Å². The number of carbonyl (C=O) groups excluding carboxylic acids is 1. The van der Waals surface area contributed by atoms with Gasteiger partial charge in [-0.25, -0.2) is 4.98 Å². The van der Waals surface area contributed by atoms with Crippen LogP contribution in [0.4, 0.5) is 5.13 Å². The van der Waals surface area contributed by atoms with Crippen LogP contribution in [0.2, 0.25) is 0 Å². The molecule has 4 nitrogen and oxygen atoms in total. The van der Waals surface area contributed by atoms with Gasteiger partial charge in [-0.3, -0.25) is 4.79 Å². The van der Waals surface area contributed by atoms with Crippen LogP contribution in [0, 0.1) is 3.57 Å². The van der Waals surface area contributed by atoms with Gasteiger partial charge in [0.15, 0.2) is 5.13 Å². The first kappa shape index (κ1) is 18.2. The van der Waals surface area contributed by atoms with Crippen LogP contribution in [0.15, 0.2) is 58.8 Å². The number of nitrogens with zero attached hydrogens (tertiary/aromatic N) is 1. The first-order chi connectivity index (χ1) is 12.1. The molecule has 0 unspecified atom stereocenters. The molecule has 3 aromatic rings. The van der Waals surface area contributed by atoms with Crippen LogP contribution in [-0.4, -0.2) is 23.8 Å². The molecular weight excluding hydrogens is 467 g/mol. The van der Waals surface area contributed by atoms with Crippen LogP contribution >= 0.6 is 45.7 Å². The quantitative estimate of drug-likeness (QED) is 0.390. The molecule has 0 aliphatic heterocycles. The largest absolute Gasteiger partial charge is 0.497 e. The van der Waals surface area contributed by atoms with Crippen molar-refractivity contribution in [3.63, 3.8) is 0 Å². The summed E-state index contributed by atoms with van der Waals surface area (Å²) in [6.07, 6.45) is 0. The molecule has 1 amide bonds. The Labute approximate surface area is 168 Å². The normalized spacial score (nSPS) is 10.5.